The minimum absolute atomic E-state index is 0.0962. The second-order valence-electron chi connectivity index (χ2n) is 3.83. The second-order valence-corrected chi connectivity index (χ2v) is 4.56. The van der Waals surface area contributed by atoms with Crippen LogP contribution in [0.25, 0.3) is 0 Å². The Morgan fingerprint density at radius 1 is 1.47 bits per heavy atom. The first-order valence-corrected chi connectivity index (χ1v) is 5.39. The van der Waals surface area contributed by atoms with Crippen molar-refractivity contribution in [2.24, 2.45) is 0 Å². The molecular weight excluding hydrogens is 237 g/mol. The Balaban J connectivity index is 2.16. The molecule has 0 radical (unpaired) electrons. The monoisotopic (exact) mass is 247 g/mol. The van der Waals surface area contributed by atoms with Crippen LogP contribution in [0.3, 0.4) is 0 Å². The maximum absolute atomic E-state index is 5.77. The number of hydrogen-bond donors (Lipinski definition) is 1. The fourth-order valence-corrected chi connectivity index (χ4v) is 1.94. The Morgan fingerprint density at radius 2 is 2.27 bits per heavy atom. The van der Waals surface area contributed by atoms with E-state index >= 15 is 0 Å². The topological polar surface area (TPSA) is 47.0 Å². The molecule has 1 aromatic rings. The molecule has 1 unspecified atom stereocenters. The van der Waals surface area contributed by atoms with E-state index < -0.39 is 0 Å². The molecule has 1 N–H and O–H groups in total. The summed E-state index contributed by atoms with van der Waals surface area (Å²) in [5.41, 5.74) is -0.0962. The standard InChI is InChI=1S/C9H11Cl2N3O/c1-9(2-3-15-5-9)14-7-4-6(10)12-8(11)13-7/h4H,2-3,5H2,1H3,(H,12,13,14). The summed E-state index contributed by atoms with van der Waals surface area (Å²) in [6, 6.07) is 1.65. The molecule has 82 valence electrons. The van der Waals surface area contributed by atoms with Gasteiger partial charge >= 0.3 is 0 Å². The van der Waals surface area contributed by atoms with Crippen LogP contribution in [0.15, 0.2) is 6.07 Å². The second kappa shape index (κ2) is 4.12. The van der Waals surface area contributed by atoms with Crippen LogP contribution in [0, 0.1) is 0 Å². The van der Waals surface area contributed by atoms with Gasteiger partial charge in [-0.1, -0.05) is 11.6 Å². The molecule has 4 nitrogen and oxygen atoms in total. The van der Waals surface area contributed by atoms with E-state index in [0.717, 1.165) is 13.0 Å². The third-order valence-corrected chi connectivity index (χ3v) is 2.68. The molecule has 0 bridgehead atoms. The number of rotatable bonds is 2. The van der Waals surface area contributed by atoms with E-state index in [1.54, 1.807) is 6.07 Å². The molecule has 1 aromatic heterocycles. The zero-order valence-corrected chi connectivity index (χ0v) is 9.77. The van der Waals surface area contributed by atoms with Gasteiger partial charge in [-0.3, -0.25) is 0 Å². The van der Waals surface area contributed by atoms with Crippen molar-refractivity contribution in [3.05, 3.63) is 16.5 Å². The van der Waals surface area contributed by atoms with Gasteiger partial charge in [0, 0.05) is 12.7 Å². The van der Waals surface area contributed by atoms with E-state index in [1.807, 2.05) is 0 Å². The molecule has 0 amide bonds. The lowest BCUT2D eigenvalue weighted by Gasteiger charge is -2.24. The summed E-state index contributed by atoms with van der Waals surface area (Å²) in [6.45, 7) is 3.49. The van der Waals surface area contributed by atoms with E-state index in [0.29, 0.717) is 17.6 Å². The highest BCUT2D eigenvalue weighted by Gasteiger charge is 2.29. The molecule has 1 saturated heterocycles. The van der Waals surface area contributed by atoms with Gasteiger partial charge in [0.05, 0.1) is 12.1 Å². The summed E-state index contributed by atoms with van der Waals surface area (Å²) in [5.74, 6) is 0.632. The zero-order valence-electron chi connectivity index (χ0n) is 8.26. The highest BCUT2D eigenvalue weighted by molar-refractivity contribution is 6.32. The average molecular weight is 248 g/mol. The number of nitrogens with one attached hydrogen (secondary N) is 1. The summed E-state index contributed by atoms with van der Waals surface area (Å²) < 4.78 is 5.32. The van der Waals surface area contributed by atoms with Crippen molar-refractivity contribution in [3.8, 4) is 0 Å². The first kappa shape index (κ1) is 10.9. The van der Waals surface area contributed by atoms with Crippen molar-refractivity contribution in [1.82, 2.24) is 9.97 Å². The first-order valence-electron chi connectivity index (χ1n) is 4.63. The minimum Gasteiger partial charge on any atom is -0.379 e. The van der Waals surface area contributed by atoms with Crippen LogP contribution in [-0.2, 0) is 4.74 Å². The first-order chi connectivity index (χ1) is 7.07. The molecule has 0 spiro atoms. The number of nitrogens with zero attached hydrogens (tertiary/aromatic N) is 2. The van der Waals surface area contributed by atoms with E-state index in [9.17, 15) is 0 Å². The maximum Gasteiger partial charge on any atom is 0.225 e. The van der Waals surface area contributed by atoms with Gasteiger partial charge < -0.3 is 10.1 Å². The van der Waals surface area contributed by atoms with Crippen LogP contribution >= 0.6 is 23.2 Å². The van der Waals surface area contributed by atoms with E-state index in [1.165, 1.54) is 0 Å². The van der Waals surface area contributed by atoms with Crippen LogP contribution in [0.4, 0.5) is 5.82 Å². The molecule has 15 heavy (non-hydrogen) atoms. The quantitative estimate of drug-likeness (QED) is 0.644. The molecule has 1 atom stereocenters. The summed E-state index contributed by atoms with van der Waals surface area (Å²) in [5, 5.41) is 3.73. The Hall–Kier alpha value is -0.580. The smallest absolute Gasteiger partial charge is 0.225 e. The van der Waals surface area contributed by atoms with Crippen LogP contribution < -0.4 is 5.32 Å². The van der Waals surface area contributed by atoms with E-state index in [2.05, 4.69) is 22.2 Å². The number of ether oxygens (including phenoxy) is 1. The lowest BCUT2D eigenvalue weighted by atomic mass is 10.0. The Kier molecular flexibility index (Phi) is 3.00. The van der Waals surface area contributed by atoms with E-state index in [-0.39, 0.29) is 10.8 Å². The van der Waals surface area contributed by atoms with Crippen LogP contribution in [0.5, 0.6) is 0 Å². The highest BCUT2D eigenvalue weighted by atomic mass is 35.5. The zero-order chi connectivity index (χ0) is 10.9. The summed E-state index contributed by atoms with van der Waals surface area (Å²) in [6.07, 6.45) is 0.937. The molecule has 0 aliphatic carbocycles. The van der Waals surface area contributed by atoms with Gasteiger partial charge in [0.15, 0.2) is 0 Å². The van der Waals surface area contributed by atoms with Crippen molar-refractivity contribution in [3.63, 3.8) is 0 Å². The van der Waals surface area contributed by atoms with Crippen molar-refractivity contribution < 1.29 is 4.74 Å². The SMILES string of the molecule is CC1(Nc2cc(Cl)nc(Cl)n2)CCOC1. The van der Waals surface area contributed by atoms with Crippen molar-refractivity contribution in [2.45, 2.75) is 18.9 Å². The predicted octanol–water partition coefficient (Wildman–Crippen LogP) is 2.37. The van der Waals surface area contributed by atoms with Crippen LogP contribution in [0.1, 0.15) is 13.3 Å². The summed E-state index contributed by atoms with van der Waals surface area (Å²) in [7, 11) is 0. The molecular formula is C9H11Cl2N3O. The third kappa shape index (κ3) is 2.71. The summed E-state index contributed by atoms with van der Waals surface area (Å²) >= 11 is 11.5. The highest BCUT2D eigenvalue weighted by Crippen LogP contribution is 2.24. The van der Waals surface area contributed by atoms with Gasteiger partial charge in [0.25, 0.3) is 0 Å². The lowest BCUT2D eigenvalue weighted by molar-refractivity contribution is 0.185. The van der Waals surface area contributed by atoms with Gasteiger partial charge in [-0.2, -0.15) is 0 Å². The van der Waals surface area contributed by atoms with Gasteiger partial charge in [-0.25, -0.2) is 9.97 Å². The summed E-state index contributed by atoms with van der Waals surface area (Å²) in [4.78, 5) is 7.83. The number of hydrogen-bond acceptors (Lipinski definition) is 4. The molecule has 1 aliphatic heterocycles. The number of anilines is 1. The van der Waals surface area contributed by atoms with E-state index in [4.69, 9.17) is 27.9 Å². The normalized spacial score (nSPS) is 25.5. The molecule has 2 heterocycles. The van der Waals surface area contributed by atoms with Gasteiger partial charge in [-0.05, 0) is 24.9 Å². The Bertz CT molecular complexity index is 346. The van der Waals surface area contributed by atoms with Gasteiger partial charge in [0.2, 0.25) is 5.28 Å². The fourth-order valence-electron chi connectivity index (χ4n) is 1.53. The molecule has 1 fully saturated rings. The molecule has 1 aliphatic rings. The van der Waals surface area contributed by atoms with Crippen LogP contribution in [0.2, 0.25) is 10.4 Å². The molecule has 2 rings (SSSR count). The maximum atomic E-state index is 5.77. The molecule has 0 aromatic carbocycles. The fraction of sp³-hybridized carbons (Fsp3) is 0.556. The van der Waals surface area contributed by atoms with Crippen molar-refractivity contribution in [1.29, 1.82) is 0 Å². The number of halogens is 2. The molecule has 0 saturated carbocycles. The largest absolute Gasteiger partial charge is 0.379 e. The average Bonchev–Trinajstić information content (AvgIpc) is 2.49. The molecule has 6 heteroatoms. The Labute approximate surface area is 98.0 Å². The number of aromatic nitrogens is 2. The van der Waals surface area contributed by atoms with Crippen molar-refractivity contribution in [2.75, 3.05) is 18.5 Å². The lowest BCUT2D eigenvalue weighted by Crippen LogP contribution is -2.35. The minimum atomic E-state index is -0.0962. The van der Waals surface area contributed by atoms with Gasteiger partial charge in [-0.15, -0.1) is 0 Å². The Morgan fingerprint density at radius 3 is 2.87 bits per heavy atom. The van der Waals surface area contributed by atoms with Gasteiger partial charge in [0.1, 0.15) is 11.0 Å². The predicted molar refractivity (Wildman–Crippen MR) is 59.5 cm³/mol. The third-order valence-electron chi connectivity index (χ3n) is 2.32. The van der Waals surface area contributed by atoms with Crippen LogP contribution in [-0.4, -0.2) is 28.7 Å². The van der Waals surface area contributed by atoms with Crippen molar-refractivity contribution >= 4 is 29.0 Å².